The normalized spacial score (nSPS) is 17.5. The number of amides is 1. The highest BCUT2D eigenvalue weighted by Gasteiger charge is 2.36. The fraction of sp³-hybridized carbons (Fsp3) is 0.500. The van der Waals surface area contributed by atoms with Crippen LogP contribution < -0.4 is 5.32 Å². The van der Waals surface area contributed by atoms with Gasteiger partial charge in [0.05, 0.1) is 6.61 Å². The van der Waals surface area contributed by atoms with Crippen LogP contribution in [0.4, 0.5) is 0 Å². The Morgan fingerprint density at radius 1 is 1.21 bits per heavy atom. The molecule has 0 spiro atoms. The summed E-state index contributed by atoms with van der Waals surface area (Å²) in [6.07, 6.45) is 5.57. The number of allylic oxidation sites excluding steroid dienone is 1. The number of nitrogens with one attached hydrogen (secondary N) is 1. The van der Waals surface area contributed by atoms with Crippen molar-refractivity contribution in [3.8, 4) is 11.5 Å². The predicted molar refractivity (Wildman–Crippen MR) is 108 cm³/mol. The van der Waals surface area contributed by atoms with Gasteiger partial charge in [0, 0.05) is 30.7 Å². The van der Waals surface area contributed by atoms with Crippen LogP contribution in [0.2, 0.25) is 0 Å². The molecule has 1 aliphatic heterocycles. The van der Waals surface area contributed by atoms with Crippen LogP contribution in [0.1, 0.15) is 38.7 Å². The Morgan fingerprint density at radius 3 is 2.71 bits per heavy atom. The third-order valence-electron chi connectivity index (χ3n) is 5.84. The van der Waals surface area contributed by atoms with Crippen molar-refractivity contribution in [1.82, 2.24) is 10.2 Å². The van der Waals surface area contributed by atoms with Crippen LogP contribution in [-0.2, 0) is 11.2 Å². The molecule has 6 nitrogen and oxygen atoms in total. The van der Waals surface area contributed by atoms with Crippen LogP contribution in [-0.4, -0.2) is 57.9 Å². The van der Waals surface area contributed by atoms with E-state index >= 15 is 0 Å². The minimum atomic E-state index is -0.0989. The average molecular weight is 386 g/mol. The lowest BCUT2D eigenvalue weighted by atomic mass is 9.92. The Labute approximate surface area is 166 Å². The molecule has 1 heterocycles. The molecule has 0 saturated heterocycles. The maximum atomic E-state index is 12.4. The monoisotopic (exact) mass is 386 g/mol. The first-order valence-corrected chi connectivity index (χ1v) is 9.88. The third kappa shape index (κ3) is 4.39. The van der Waals surface area contributed by atoms with E-state index in [-0.39, 0.29) is 36.1 Å². The number of aryl methyl sites for hydroxylation is 1. The molecule has 1 amide bonds. The largest absolute Gasteiger partial charge is 0.504 e. The molecule has 0 radical (unpaired) electrons. The molecule has 4 N–H and O–H groups in total. The highest BCUT2D eigenvalue weighted by Crippen LogP contribution is 2.36. The predicted octanol–water partition coefficient (Wildman–Crippen LogP) is 2.25. The molecule has 6 heteroatoms. The number of carbonyl (C=O) groups is 1. The quantitative estimate of drug-likeness (QED) is 0.540. The summed E-state index contributed by atoms with van der Waals surface area (Å²) in [6.45, 7) is 6.25. The standard InChI is InChI=1S/C22H30N2O4/c1-22(2,9-8-15-6-7-19(26)20(27)12-15)24-13-16-4-3-5-17(18(16)14-24)21(28)23-10-11-25/h5-7,12,25-27H,3-4,8-11,13-14H2,1-2H3,(H,23,28). The summed E-state index contributed by atoms with van der Waals surface area (Å²) >= 11 is 0. The molecular weight excluding hydrogens is 356 g/mol. The number of phenols is 2. The summed E-state index contributed by atoms with van der Waals surface area (Å²) in [5, 5.41) is 30.9. The van der Waals surface area contributed by atoms with Crippen LogP contribution in [0.3, 0.4) is 0 Å². The Kier molecular flexibility index (Phi) is 6.10. The second-order valence-corrected chi connectivity index (χ2v) is 8.21. The first-order chi connectivity index (χ1) is 13.3. The summed E-state index contributed by atoms with van der Waals surface area (Å²) in [6, 6.07) is 4.98. The van der Waals surface area contributed by atoms with E-state index < -0.39 is 0 Å². The number of aromatic hydroxyl groups is 2. The Hall–Kier alpha value is -2.31. The molecule has 1 aromatic rings. The smallest absolute Gasteiger partial charge is 0.251 e. The van der Waals surface area contributed by atoms with Crippen LogP contribution in [0, 0.1) is 0 Å². The summed E-state index contributed by atoms with van der Waals surface area (Å²) in [7, 11) is 0. The first kappa shape index (κ1) is 20.4. The van der Waals surface area contributed by atoms with Crippen molar-refractivity contribution in [2.75, 3.05) is 26.2 Å². The van der Waals surface area contributed by atoms with Gasteiger partial charge in [-0.1, -0.05) is 17.7 Å². The van der Waals surface area contributed by atoms with Crippen molar-refractivity contribution in [2.24, 2.45) is 0 Å². The molecule has 1 aliphatic carbocycles. The van der Waals surface area contributed by atoms with E-state index in [0.29, 0.717) is 0 Å². The van der Waals surface area contributed by atoms with Gasteiger partial charge in [-0.15, -0.1) is 0 Å². The number of phenolic OH excluding ortho intramolecular Hbond substituents is 2. The minimum absolute atomic E-state index is 0.0586. The van der Waals surface area contributed by atoms with Crippen molar-refractivity contribution in [3.63, 3.8) is 0 Å². The van der Waals surface area contributed by atoms with Gasteiger partial charge in [-0.05, 0) is 62.8 Å². The second kappa shape index (κ2) is 8.37. The van der Waals surface area contributed by atoms with Gasteiger partial charge in [0.15, 0.2) is 11.5 Å². The number of benzene rings is 1. The van der Waals surface area contributed by atoms with E-state index in [1.807, 2.05) is 12.1 Å². The summed E-state index contributed by atoms with van der Waals surface area (Å²) in [4.78, 5) is 14.9. The van der Waals surface area contributed by atoms with Crippen LogP contribution >= 0.6 is 0 Å². The lowest BCUT2D eigenvalue weighted by molar-refractivity contribution is -0.117. The number of carbonyl (C=O) groups excluding carboxylic acids is 1. The Balaban J connectivity index is 1.64. The van der Waals surface area contributed by atoms with E-state index in [1.54, 1.807) is 6.07 Å². The summed E-state index contributed by atoms with van der Waals surface area (Å²) in [5.41, 5.74) is 4.15. The molecule has 28 heavy (non-hydrogen) atoms. The fourth-order valence-corrected chi connectivity index (χ4v) is 3.96. The summed E-state index contributed by atoms with van der Waals surface area (Å²) < 4.78 is 0. The van der Waals surface area contributed by atoms with Crippen molar-refractivity contribution < 1.29 is 20.1 Å². The fourth-order valence-electron chi connectivity index (χ4n) is 3.96. The van der Waals surface area contributed by atoms with Gasteiger partial charge in [0.25, 0.3) is 5.91 Å². The number of nitrogens with zero attached hydrogens (tertiary/aromatic N) is 1. The van der Waals surface area contributed by atoms with E-state index in [0.717, 1.165) is 55.5 Å². The number of aliphatic hydroxyl groups is 1. The SMILES string of the molecule is CC(C)(CCc1ccc(O)c(O)c1)N1CC2=C(C1)C(C(=O)NCCO)=CCC2. The van der Waals surface area contributed by atoms with Crippen molar-refractivity contribution in [2.45, 2.75) is 45.1 Å². The van der Waals surface area contributed by atoms with Gasteiger partial charge in [0.1, 0.15) is 0 Å². The highest BCUT2D eigenvalue weighted by molar-refractivity contribution is 5.98. The van der Waals surface area contributed by atoms with Gasteiger partial charge in [-0.2, -0.15) is 0 Å². The molecule has 0 unspecified atom stereocenters. The van der Waals surface area contributed by atoms with Gasteiger partial charge in [0.2, 0.25) is 0 Å². The zero-order valence-electron chi connectivity index (χ0n) is 16.7. The lowest BCUT2D eigenvalue weighted by Gasteiger charge is -2.36. The Bertz CT molecular complexity index is 811. The van der Waals surface area contributed by atoms with E-state index in [9.17, 15) is 15.0 Å². The molecule has 3 rings (SSSR count). The lowest BCUT2D eigenvalue weighted by Crippen LogP contribution is -2.43. The number of hydrogen-bond acceptors (Lipinski definition) is 5. The average Bonchev–Trinajstić information content (AvgIpc) is 3.12. The topological polar surface area (TPSA) is 93.0 Å². The number of hydrogen-bond donors (Lipinski definition) is 4. The zero-order chi connectivity index (χ0) is 20.3. The Morgan fingerprint density at radius 2 is 2.00 bits per heavy atom. The van der Waals surface area contributed by atoms with E-state index in [4.69, 9.17) is 5.11 Å². The maximum absolute atomic E-state index is 12.4. The van der Waals surface area contributed by atoms with E-state index in [1.165, 1.54) is 11.6 Å². The first-order valence-electron chi connectivity index (χ1n) is 9.88. The second-order valence-electron chi connectivity index (χ2n) is 8.21. The number of rotatable bonds is 7. The summed E-state index contributed by atoms with van der Waals surface area (Å²) in [5.74, 6) is -0.282. The van der Waals surface area contributed by atoms with Crippen molar-refractivity contribution in [1.29, 1.82) is 0 Å². The van der Waals surface area contributed by atoms with Gasteiger partial charge < -0.3 is 20.6 Å². The maximum Gasteiger partial charge on any atom is 0.251 e. The molecule has 152 valence electrons. The molecule has 0 bridgehead atoms. The van der Waals surface area contributed by atoms with Crippen LogP contribution in [0.5, 0.6) is 11.5 Å². The van der Waals surface area contributed by atoms with Gasteiger partial charge >= 0.3 is 0 Å². The van der Waals surface area contributed by atoms with Gasteiger partial charge in [-0.25, -0.2) is 0 Å². The molecule has 0 atom stereocenters. The molecule has 1 aromatic carbocycles. The van der Waals surface area contributed by atoms with Gasteiger partial charge in [-0.3, -0.25) is 9.69 Å². The van der Waals surface area contributed by atoms with Crippen LogP contribution in [0.25, 0.3) is 0 Å². The molecule has 0 aromatic heterocycles. The van der Waals surface area contributed by atoms with Crippen molar-refractivity contribution >= 4 is 5.91 Å². The zero-order valence-corrected chi connectivity index (χ0v) is 16.7. The molecule has 0 saturated carbocycles. The van der Waals surface area contributed by atoms with Crippen molar-refractivity contribution in [3.05, 3.63) is 46.6 Å². The number of aliphatic hydroxyl groups excluding tert-OH is 1. The third-order valence-corrected chi connectivity index (χ3v) is 5.84. The molecule has 0 fully saturated rings. The minimum Gasteiger partial charge on any atom is -0.504 e. The van der Waals surface area contributed by atoms with E-state index in [2.05, 4.69) is 24.1 Å². The highest BCUT2D eigenvalue weighted by atomic mass is 16.3. The molecular formula is C22H30N2O4. The molecule has 2 aliphatic rings. The van der Waals surface area contributed by atoms with Crippen LogP contribution in [0.15, 0.2) is 41.0 Å².